The molecule has 0 aromatic heterocycles. The largest absolute Gasteiger partial charge is 0.327 e. The minimum absolute atomic E-state index is 0.0476. The van der Waals surface area contributed by atoms with Gasteiger partial charge in [-0.1, -0.05) is 6.92 Å². The van der Waals surface area contributed by atoms with E-state index in [4.69, 9.17) is 0 Å². The zero-order valence-electron chi connectivity index (χ0n) is 12.7. The van der Waals surface area contributed by atoms with Crippen molar-refractivity contribution in [2.45, 2.75) is 26.7 Å². The monoisotopic (exact) mass is 290 g/mol. The van der Waals surface area contributed by atoms with Crippen LogP contribution in [-0.4, -0.2) is 31.4 Å². The quantitative estimate of drug-likeness (QED) is 0.771. The van der Waals surface area contributed by atoms with Crippen molar-refractivity contribution in [1.82, 2.24) is 0 Å². The molecule has 114 valence electrons. The molecule has 1 aromatic rings. The summed E-state index contributed by atoms with van der Waals surface area (Å²) in [6.45, 7) is 6.40. The highest BCUT2D eigenvalue weighted by molar-refractivity contribution is 5.92. The van der Waals surface area contributed by atoms with Crippen LogP contribution in [0.1, 0.15) is 26.7 Å². The Labute approximate surface area is 125 Å². The van der Waals surface area contributed by atoms with E-state index in [-0.39, 0.29) is 11.8 Å². The van der Waals surface area contributed by atoms with Crippen LogP contribution < -0.4 is 15.5 Å². The average molecular weight is 290 g/mol. The Kier molecular flexibility index (Phi) is 5.33. The maximum atomic E-state index is 12.0. The summed E-state index contributed by atoms with van der Waals surface area (Å²) in [5.41, 5.74) is 1.49. The molecule has 1 saturated heterocycles. The summed E-state index contributed by atoms with van der Waals surface area (Å²) in [4.78, 5) is 24.4. The van der Waals surface area contributed by atoms with E-state index in [1.165, 1.54) is 24.7 Å². The average Bonchev–Trinajstić information content (AvgIpc) is 2.40. The van der Waals surface area contributed by atoms with E-state index in [2.05, 4.69) is 17.6 Å². The Morgan fingerprint density at radius 2 is 1.81 bits per heavy atom. The SMILES string of the molecule is CC(=O)Nc1ccc(NC(=O)C[NH+]2CCC[C@@H](C)C2)cc1. The molecule has 1 heterocycles. The molecule has 1 aliphatic rings. The lowest BCUT2D eigenvalue weighted by Gasteiger charge is -2.27. The second-order valence-corrected chi connectivity index (χ2v) is 5.94. The van der Waals surface area contributed by atoms with Crippen LogP contribution in [0.5, 0.6) is 0 Å². The molecule has 1 unspecified atom stereocenters. The van der Waals surface area contributed by atoms with E-state index >= 15 is 0 Å². The molecular formula is C16H24N3O2+. The van der Waals surface area contributed by atoms with Crippen LogP contribution in [0.3, 0.4) is 0 Å². The summed E-state index contributed by atoms with van der Waals surface area (Å²) in [6.07, 6.45) is 2.48. The zero-order valence-corrected chi connectivity index (χ0v) is 12.7. The van der Waals surface area contributed by atoms with Crippen LogP contribution >= 0.6 is 0 Å². The third kappa shape index (κ3) is 5.19. The van der Waals surface area contributed by atoms with Crippen molar-refractivity contribution in [2.75, 3.05) is 30.3 Å². The van der Waals surface area contributed by atoms with Gasteiger partial charge in [0.2, 0.25) is 5.91 Å². The molecule has 21 heavy (non-hydrogen) atoms. The molecule has 0 aliphatic carbocycles. The van der Waals surface area contributed by atoms with E-state index < -0.39 is 0 Å². The van der Waals surface area contributed by atoms with Gasteiger partial charge in [0.25, 0.3) is 5.91 Å². The first-order valence-corrected chi connectivity index (χ1v) is 7.54. The van der Waals surface area contributed by atoms with Crippen molar-refractivity contribution in [3.8, 4) is 0 Å². The second kappa shape index (κ2) is 7.22. The third-order valence-electron chi connectivity index (χ3n) is 3.76. The highest BCUT2D eigenvalue weighted by atomic mass is 16.2. The van der Waals surface area contributed by atoms with Gasteiger partial charge in [-0.05, 0) is 37.1 Å². The first-order chi connectivity index (χ1) is 10.0. The van der Waals surface area contributed by atoms with Gasteiger partial charge in [0.15, 0.2) is 6.54 Å². The molecule has 1 aromatic carbocycles. The van der Waals surface area contributed by atoms with Gasteiger partial charge in [0, 0.05) is 24.2 Å². The summed E-state index contributed by atoms with van der Waals surface area (Å²) in [6, 6.07) is 7.17. The Morgan fingerprint density at radius 3 is 2.38 bits per heavy atom. The van der Waals surface area contributed by atoms with E-state index in [1.807, 2.05) is 0 Å². The standard InChI is InChI=1S/C16H23N3O2/c1-12-4-3-9-19(10-12)11-16(21)18-15-7-5-14(6-8-15)17-13(2)20/h5-8,12H,3-4,9-11H2,1-2H3,(H,17,20)(H,18,21)/p+1/t12-/m1/s1. The van der Waals surface area contributed by atoms with Gasteiger partial charge in [-0.15, -0.1) is 0 Å². The number of nitrogens with one attached hydrogen (secondary N) is 3. The molecule has 5 heteroatoms. The van der Waals surface area contributed by atoms with Crippen LogP contribution in [0.15, 0.2) is 24.3 Å². The minimum atomic E-state index is -0.102. The number of hydrogen-bond donors (Lipinski definition) is 3. The molecule has 2 amide bonds. The lowest BCUT2D eigenvalue weighted by atomic mass is 10.0. The molecule has 1 fully saturated rings. The highest BCUT2D eigenvalue weighted by Crippen LogP contribution is 2.13. The van der Waals surface area contributed by atoms with Crippen LogP contribution in [0.4, 0.5) is 11.4 Å². The van der Waals surface area contributed by atoms with Crippen molar-refractivity contribution in [2.24, 2.45) is 5.92 Å². The Balaban J connectivity index is 1.83. The molecule has 0 radical (unpaired) electrons. The molecule has 1 aliphatic heterocycles. The fraction of sp³-hybridized carbons (Fsp3) is 0.500. The highest BCUT2D eigenvalue weighted by Gasteiger charge is 2.21. The summed E-state index contributed by atoms with van der Waals surface area (Å²) in [5, 5.41) is 5.61. The van der Waals surface area contributed by atoms with Gasteiger partial charge < -0.3 is 15.5 Å². The van der Waals surface area contributed by atoms with Crippen LogP contribution in [-0.2, 0) is 9.59 Å². The molecule has 0 saturated carbocycles. The number of quaternary nitrogens is 1. The van der Waals surface area contributed by atoms with Gasteiger partial charge in [-0.25, -0.2) is 0 Å². The van der Waals surface area contributed by atoms with Gasteiger partial charge in [-0.2, -0.15) is 0 Å². The molecule has 0 bridgehead atoms. The van der Waals surface area contributed by atoms with E-state index in [1.54, 1.807) is 24.3 Å². The Hall–Kier alpha value is -1.88. The van der Waals surface area contributed by atoms with E-state index in [0.717, 1.165) is 24.5 Å². The van der Waals surface area contributed by atoms with E-state index in [9.17, 15) is 9.59 Å². The fourth-order valence-electron chi connectivity index (χ4n) is 2.83. The van der Waals surface area contributed by atoms with Crippen molar-refractivity contribution in [3.63, 3.8) is 0 Å². The number of carbonyl (C=O) groups excluding carboxylic acids is 2. The van der Waals surface area contributed by atoms with Gasteiger partial charge in [-0.3, -0.25) is 9.59 Å². The second-order valence-electron chi connectivity index (χ2n) is 5.94. The normalized spacial score (nSPS) is 21.6. The number of piperidine rings is 1. The first kappa shape index (κ1) is 15.5. The van der Waals surface area contributed by atoms with Gasteiger partial charge >= 0.3 is 0 Å². The molecule has 2 atom stereocenters. The number of hydrogen-bond acceptors (Lipinski definition) is 2. The van der Waals surface area contributed by atoms with Crippen LogP contribution in [0, 0.1) is 5.92 Å². The van der Waals surface area contributed by atoms with Crippen molar-refractivity contribution in [3.05, 3.63) is 24.3 Å². The first-order valence-electron chi connectivity index (χ1n) is 7.54. The summed E-state index contributed by atoms with van der Waals surface area (Å²) < 4.78 is 0. The molecular weight excluding hydrogens is 266 g/mol. The Morgan fingerprint density at radius 1 is 1.19 bits per heavy atom. The van der Waals surface area contributed by atoms with Crippen LogP contribution in [0.2, 0.25) is 0 Å². The summed E-state index contributed by atoms with van der Waals surface area (Å²) >= 11 is 0. The number of benzene rings is 1. The van der Waals surface area contributed by atoms with Crippen molar-refractivity contribution >= 4 is 23.2 Å². The number of amides is 2. The number of carbonyl (C=O) groups is 2. The van der Waals surface area contributed by atoms with Crippen LogP contribution in [0.25, 0.3) is 0 Å². The molecule has 3 N–H and O–H groups in total. The van der Waals surface area contributed by atoms with Crippen molar-refractivity contribution < 1.29 is 14.5 Å². The predicted molar refractivity (Wildman–Crippen MR) is 83.3 cm³/mol. The van der Waals surface area contributed by atoms with Crippen molar-refractivity contribution in [1.29, 1.82) is 0 Å². The van der Waals surface area contributed by atoms with Gasteiger partial charge in [0.05, 0.1) is 13.1 Å². The number of anilines is 2. The summed E-state index contributed by atoms with van der Waals surface area (Å²) in [7, 11) is 0. The lowest BCUT2D eigenvalue weighted by molar-refractivity contribution is -0.900. The van der Waals surface area contributed by atoms with Gasteiger partial charge in [0.1, 0.15) is 0 Å². The third-order valence-corrected chi connectivity index (χ3v) is 3.76. The maximum absolute atomic E-state index is 12.0. The maximum Gasteiger partial charge on any atom is 0.279 e. The lowest BCUT2D eigenvalue weighted by Crippen LogP contribution is -3.14. The number of likely N-dealkylation sites (tertiary alicyclic amines) is 1. The zero-order chi connectivity index (χ0) is 15.2. The fourth-order valence-corrected chi connectivity index (χ4v) is 2.83. The predicted octanol–water partition coefficient (Wildman–Crippen LogP) is 0.898. The minimum Gasteiger partial charge on any atom is -0.327 e. The summed E-state index contributed by atoms with van der Waals surface area (Å²) in [5.74, 6) is 0.652. The number of rotatable bonds is 4. The molecule has 5 nitrogen and oxygen atoms in total. The Bertz CT molecular complexity index is 499. The topological polar surface area (TPSA) is 62.6 Å². The van der Waals surface area contributed by atoms with E-state index in [0.29, 0.717) is 12.5 Å². The smallest absolute Gasteiger partial charge is 0.279 e. The molecule has 2 rings (SSSR count). The molecule has 0 spiro atoms.